The molecule has 1 N–H and O–H groups in total. The lowest BCUT2D eigenvalue weighted by molar-refractivity contribution is 0.0690. The van der Waals surface area contributed by atoms with Crippen LogP contribution in [0.2, 0.25) is 0 Å². The van der Waals surface area contributed by atoms with Gasteiger partial charge in [-0.15, -0.1) is 11.3 Å². The van der Waals surface area contributed by atoms with E-state index in [1.54, 1.807) is 0 Å². The van der Waals surface area contributed by atoms with Crippen LogP contribution < -0.4 is 4.90 Å². The van der Waals surface area contributed by atoms with Crippen molar-refractivity contribution in [3.05, 3.63) is 10.6 Å². The number of hydrogen-bond donors (Lipinski definition) is 1. The van der Waals surface area contributed by atoms with Crippen LogP contribution in [0.15, 0.2) is 0 Å². The Morgan fingerprint density at radius 1 is 1.53 bits per heavy atom. The van der Waals surface area contributed by atoms with Crippen LogP contribution in [0.5, 0.6) is 0 Å². The first kappa shape index (κ1) is 12.7. The molecule has 0 spiro atoms. The molecule has 1 fully saturated rings. The molecule has 2 heterocycles. The predicted molar refractivity (Wildman–Crippen MR) is 72.6 cm³/mol. The van der Waals surface area contributed by atoms with E-state index >= 15 is 0 Å². The monoisotopic (exact) mass is 272 g/mol. The number of aryl methyl sites for hydroxylation is 1. The summed E-state index contributed by atoms with van der Waals surface area (Å²) in [5, 5.41) is 9.84. The fraction of sp³-hybridized carbons (Fsp3) is 0.636. The van der Waals surface area contributed by atoms with Gasteiger partial charge in [-0.1, -0.05) is 0 Å². The highest BCUT2D eigenvalue weighted by molar-refractivity contribution is 8.00. The lowest BCUT2D eigenvalue weighted by Crippen LogP contribution is -2.43. The van der Waals surface area contributed by atoms with E-state index in [-0.39, 0.29) is 10.4 Å². The van der Waals surface area contributed by atoms with Crippen LogP contribution >= 0.6 is 23.1 Å². The van der Waals surface area contributed by atoms with Crippen LogP contribution in [0.4, 0.5) is 5.13 Å². The zero-order chi connectivity index (χ0) is 12.6. The second-order valence-corrected chi connectivity index (χ2v) is 7.72. The number of carboxylic acid groups (broad SMARTS) is 1. The molecule has 1 saturated heterocycles. The second kappa shape index (κ2) is 4.49. The van der Waals surface area contributed by atoms with Crippen molar-refractivity contribution in [2.24, 2.45) is 0 Å². The van der Waals surface area contributed by atoms with Crippen molar-refractivity contribution in [2.45, 2.75) is 25.5 Å². The molecule has 6 heteroatoms. The maximum absolute atomic E-state index is 11.0. The third-order valence-corrected chi connectivity index (χ3v) is 5.01. The molecule has 1 aliphatic heterocycles. The van der Waals surface area contributed by atoms with Gasteiger partial charge in [0.15, 0.2) is 10.8 Å². The summed E-state index contributed by atoms with van der Waals surface area (Å²) in [4.78, 5) is 18.2. The van der Waals surface area contributed by atoms with Gasteiger partial charge in [0, 0.05) is 28.5 Å². The molecule has 17 heavy (non-hydrogen) atoms. The summed E-state index contributed by atoms with van der Waals surface area (Å²) >= 11 is 3.43. The first-order valence-corrected chi connectivity index (χ1v) is 7.29. The largest absolute Gasteiger partial charge is 0.476 e. The third-order valence-electron chi connectivity index (χ3n) is 2.68. The van der Waals surface area contributed by atoms with Gasteiger partial charge in [-0.3, -0.25) is 0 Å². The van der Waals surface area contributed by atoms with Crippen LogP contribution in [-0.2, 0) is 0 Å². The van der Waals surface area contributed by atoms with Crippen molar-refractivity contribution in [1.82, 2.24) is 4.98 Å². The number of carbonyl (C=O) groups is 1. The highest BCUT2D eigenvalue weighted by Gasteiger charge is 2.29. The quantitative estimate of drug-likeness (QED) is 0.896. The van der Waals surface area contributed by atoms with Gasteiger partial charge in [0.05, 0.1) is 0 Å². The first-order chi connectivity index (χ1) is 7.89. The van der Waals surface area contributed by atoms with E-state index in [2.05, 4.69) is 23.7 Å². The highest BCUT2D eigenvalue weighted by Crippen LogP contribution is 2.34. The molecular formula is C11H16N2O2S2. The topological polar surface area (TPSA) is 53.4 Å². The molecule has 0 aromatic carbocycles. The molecule has 0 amide bonds. The van der Waals surface area contributed by atoms with Gasteiger partial charge in [0.1, 0.15) is 0 Å². The van der Waals surface area contributed by atoms with Gasteiger partial charge in [0.25, 0.3) is 0 Å². The zero-order valence-electron chi connectivity index (χ0n) is 10.2. The summed E-state index contributed by atoms with van der Waals surface area (Å²) in [6, 6.07) is 0. The van der Waals surface area contributed by atoms with Crippen molar-refractivity contribution >= 4 is 34.2 Å². The molecule has 1 aliphatic rings. The minimum Gasteiger partial charge on any atom is -0.476 e. The predicted octanol–water partition coefficient (Wildman–Crippen LogP) is 2.48. The molecule has 1 aromatic rings. The molecule has 4 nitrogen and oxygen atoms in total. The number of carboxylic acids is 1. The lowest BCUT2D eigenvalue weighted by atomic mass is 10.2. The molecule has 0 unspecified atom stereocenters. The number of nitrogens with zero attached hydrogens (tertiary/aromatic N) is 2. The Morgan fingerprint density at radius 3 is 2.76 bits per heavy atom. The van der Waals surface area contributed by atoms with Crippen LogP contribution in [0.3, 0.4) is 0 Å². The van der Waals surface area contributed by atoms with Crippen molar-refractivity contribution in [3.8, 4) is 0 Å². The highest BCUT2D eigenvalue weighted by atomic mass is 32.2. The van der Waals surface area contributed by atoms with Crippen molar-refractivity contribution in [3.63, 3.8) is 0 Å². The smallest absolute Gasteiger partial charge is 0.355 e. The Balaban J connectivity index is 2.22. The van der Waals surface area contributed by atoms with Gasteiger partial charge >= 0.3 is 5.97 Å². The minimum absolute atomic E-state index is 0.195. The molecular weight excluding hydrogens is 256 g/mol. The Kier molecular flexibility index (Phi) is 3.36. The molecule has 0 bridgehead atoms. The van der Waals surface area contributed by atoms with Crippen molar-refractivity contribution in [2.75, 3.05) is 23.7 Å². The average molecular weight is 272 g/mol. The van der Waals surface area contributed by atoms with Gasteiger partial charge in [-0.05, 0) is 20.8 Å². The fourth-order valence-electron chi connectivity index (χ4n) is 1.90. The zero-order valence-corrected chi connectivity index (χ0v) is 11.8. The molecule has 94 valence electrons. The standard InChI is InChI=1S/C11H16N2O2S2/c1-7-8(9(14)15)12-10(17-7)13-4-5-16-11(2,3)6-13/h4-6H2,1-3H3,(H,14,15). The van der Waals surface area contributed by atoms with Gasteiger partial charge < -0.3 is 10.0 Å². The molecule has 0 atom stereocenters. The number of aromatic carboxylic acids is 1. The van der Waals surface area contributed by atoms with Crippen LogP contribution in [0.25, 0.3) is 0 Å². The number of thioether (sulfide) groups is 1. The summed E-state index contributed by atoms with van der Waals surface area (Å²) < 4.78 is 0.210. The Morgan fingerprint density at radius 2 is 2.24 bits per heavy atom. The molecule has 2 rings (SSSR count). The maximum Gasteiger partial charge on any atom is 0.355 e. The molecule has 1 aromatic heterocycles. The molecule has 0 aliphatic carbocycles. The fourth-order valence-corrected chi connectivity index (χ4v) is 3.93. The van der Waals surface area contributed by atoms with Gasteiger partial charge in [0.2, 0.25) is 0 Å². The SMILES string of the molecule is Cc1sc(N2CCSC(C)(C)C2)nc1C(=O)O. The van der Waals surface area contributed by atoms with E-state index in [0.29, 0.717) is 0 Å². The third kappa shape index (κ3) is 2.74. The lowest BCUT2D eigenvalue weighted by Gasteiger charge is -2.37. The summed E-state index contributed by atoms with van der Waals surface area (Å²) in [7, 11) is 0. The van der Waals surface area contributed by atoms with E-state index in [1.165, 1.54) is 11.3 Å². The van der Waals surface area contributed by atoms with E-state index < -0.39 is 5.97 Å². The summed E-state index contributed by atoms with van der Waals surface area (Å²) in [6.07, 6.45) is 0. The van der Waals surface area contributed by atoms with Gasteiger partial charge in [-0.2, -0.15) is 11.8 Å². The summed E-state index contributed by atoms with van der Waals surface area (Å²) in [5.74, 6) is 0.129. The van der Waals surface area contributed by atoms with E-state index in [4.69, 9.17) is 5.11 Å². The van der Waals surface area contributed by atoms with Crippen LogP contribution in [0.1, 0.15) is 29.2 Å². The van der Waals surface area contributed by atoms with E-state index in [0.717, 1.165) is 28.9 Å². The van der Waals surface area contributed by atoms with E-state index in [1.807, 2.05) is 18.7 Å². The Hall–Kier alpha value is -0.750. The number of thiazole rings is 1. The van der Waals surface area contributed by atoms with Crippen molar-refractivity contribution in [1.29, 1.82) is 0 Å². The normalized spacial score (nSPS) is 19.4. The first-order valence-electron chi connectivity index (χ1n) is 5.49. The summed E-state index contributed by atoms with van der Waals surface area (Å²) in [6.45, 7) is 8.10. The molecule has 0 saturated carbocycles. The minimum atomic E-state index is -0.935. The molecule has 0 radical (unpaired) electrons. The van der Waals surface area contributed by atoms with E-state index in [9.17, 15) is 4.79 Å². The Bertz CT molecular complexity index is 443. The number of anilines is 1. The average Bonchev–Trinajstić information content (AvgIpc) is 2.59. The van der Waals surface area contributed by atoms with Crippen LogP contribution in [0, 0.1) is 6.92 Å². The number of aromatic nitrogens is 1. The maximum atomic E-state index is 11.0. The number of rotatable bonds is 2. The summed E-state index contributed by atoms with van der Waals surface area (Å²) in [5.41, 5.74) is 0.195. The van der Waals surface area contributed by atoms with Gasteiger partial charge in [-0.25, -0.2) is 9.78 Å². The van der Waals surface area contributed by atoms with Crippen LogP contribution in [-0.4, -0.2) is 39.6 Å². The second-order valence-electron chi connectivity index (χ2n) is 4.74. The Labute approximate surface area is 109 Å². The van der Waals surface area contributed by atoms with Crippen molar-refractivity contribution < 1.29 is 9.90 Å². The number of hydrogen-bond acceptors (Lipinski definition) is 5.